The van der Waals surface area contributed by atoms with Crippen LogP contribution in [-0.4, -0.2) is 20.6 Å². The van der Waals surface area contributed by atoms with Gasteiger partial charge >= 0.3 is 5.97 Å². The molecule has 1 N–H and O–H groups in total. The third kappa shape index (κ3) is 3.15. The molecule has 0 amide bonds. The molecule has 0 radical (unpaired) electrons. The average molecular weight is 308 g/mol. The van der Waals surface area contributed by atoms with E-state index in [4.69, 9.17) is 0 Å². The Morgan fingerprint density at radius 1 is 1.48 bits per heavy atom. The summed E-state index contributed by atoms with van der Waals surface area (Å²) in [7, 11) is 0. The third-order valence-electron chi connectivity index (χ3n) is 3.41. The molecule has 2 rings (SSSR count). The molecular formula is C15H20N2O3S. The van der Waals surface area contributed by atoms with Crippen molar-refractivity contribution in [3.05, 3.63) is 27.1 Å². The van der Waals surface area contributed by atoms with Gasteiger partial charge in [-0.25, -0.2) is 9.78 Å². The Kier molecular flexibility index (Phi) is 4.77. The number of carbonyl (C=O) groups is 1. The predicted octanol–water partition coefficient (Wildman–Crippen LogP) is 3.15. The van der Waals surface area contributed by atoms with Crippen molar-refractivity contribution in [2.75, 3.05) is 0 Å². The van der Waals surface area contributed by atoms with E-state index in [2.05, 4.69) is 18.8 Å². The highest BCUT2D eigenvalue weighted by molar-refractivity contribution is 7.17. The number of thiophene rings is 1. The predicted molar refractivity (Wildman–Crippen MR) is 84.3 cm³/mol. The molecule has 2 aromatic rings. The van der Waals surface area contributed by atoms with Crippen LogP contribution >= 0.6 is 11.3 Å². The molecule has 2 aromatic heterocycles. The molecule has 0 aromatic carbocycles. The van der Waals surface area contributed by atoms with Gasteiger partial charge in [-0.2, -0.15) is 0 Å². The van der Waals surface area contributed by atoms with Crippen molar-refractivity contribution < 1.29 is 9.90 Å². The van der Waals surface area contributed by atoms with Crippen LogP contribution in [0.3, 0.4) is 0 Å². The zero-order chi connectivity index (χ0) is 15.6. The molecule has 0 unspecified atom stereocenters. The number of hydrogen-bond donors (Lipinski definition) is 1. The van der Waals surface area contributed by atoms with Gasteiger partial charge in [-0.15, -0.1) is 11.3 Å². The molecule has 21 heavy (non-hydrogen) atoms. The minimum atomic E-state index is -1.07. The fourth-order valence-electron chi connectivity index (χ4n) is 2.26. The summed E-state index contributed by atoms with van der Waals surface area (Å²) >= 11 is 1.22. The molecule has 0 saturated carbocycles. The molecule has 114 valence electrons. The first kappa shape index (κ1) is 15.7. The van der Waals surface area contributed by atoms with Crippen LogP contribution in [0.15, 0.2) is 10.2 Å². The maximum Gasteiger partial charge on any atom is 0.337 e. The lowest BCUT2D eigenvalue weighted by molar-refractivity contribution is 0.0699. The van der Waals surface area contributed by atoms with Crippen LogP contribution in [0.5, 0.6) is 0 Å². The standard InChI is InChI=1S/C15H20N2O3S/c1-4-5-11-16-13-12(10(8-21-13)15(19)20)14(18)17(11)7-6-9(2)3/h8-9H,4-7H2,1-3H3,(H,19,20). The molecule has 0 spiro atoms. The van der Waals surface area contributed by atoms with Gasteiger partial charge in [-0.3, -0.25) is 9.36 Å². The van der Waals surface area contributed by atoms with Crippen molar-refractivity contribution in [2.45, 2.75) is 46.6 Å². The normalized spacial score (nSPS) is 11.4. The molecule has 0 atom stereocenters. The van der Waals surface area contributed by atoms with E-state index in [0.717, 1.165) is 25.1 Å². The lowest BCUT2D eigenvalue weighted by Gasteiger charge is -2.13. The van der Waals surface area contributed by atoms with Crippen molar-refractivity contribution >= 4 is 27.5 Å². The molecule has 0 saturated heterocycles. The summed E-state index contributed by atoms with van der Waals surface area (Å²) in [4.78, 5) is 29.0. The van der Waals surface area contributed by atoms with Crippen LogP contribution in [0.4, 0.5) is 0 Å². The number of hydrogen-bond acceptors (Lipinski definition) is 4. The Morgan fingerprint density at radius 3 is 2.76 bits per heavy atom. The Hall–Kier alpha value is -1.69. The number of aromatic nitrogens is 2. The van der Waals surface area contributed by atoms with Crippen LogP contribution < -0.4 is 5.56 Å². The van der Waals surface area contributed by atoms with Gasteiger partial charge < -0.3 is 5.11 Å². The summed E-state index contributed by atoms with van der Waals surface area (Å²) in [6.07, 6.45) is 2.50. The summed E-state index contributed by atoms with van der Waals surface area (Å²) in [5.74, 6) is 0.164. The number of carboxylic acids is 1. The van der Waals surface area contributed by atoms with Crippen molar-refractivity contribution in [3.63, 3.8) is 0 Å². The number of rotatable bonds is 6. The first-order valence-electron chi connectivity index (χ1n) is 7.19. The molecule has 2 heterocycles. The lowest BCUT2D eigenvalue weighted by atomic mass is 10.1. The molecule has 0 aliphatic carbocycles. The summed E-state index contributed by atoms with van der Waals surface area (Å²) in [5.41, 5.74) is -0.156. The van der Waals surface area contributed by atoms with Gasteiger partial charge in [0, 0.05) is 18.3 Å². The van der Waals surface area contributed by atoms with E-state index >= 15 is 0 Å². The van der Waals surface area contributed by atoms with Crippen LogP contribution in [0.25, 0.3) is 10.2 Å². The lowest BCUT2D eigenvalue weighted by Crippen LogP contribution is -2.26. The minimum absolute atomic E-state index is 0.0637. The minimum Gasteiger partial charge on any atom is -0.478 e. The van der Waals surface area contributed by atoms with Gasteiger partial charge in [-0.1, -0.05) is 20.8 Å². The molecule has 5 nitrogen and oxygen atoms in total. The molecule has 0 aliphatic rings. The number of fused-ring (bicyclic) bond motifs is 1. The number of aromatic carboxylic acids is 1. The maximum absolute atomic E-state index is 12.7. The highest BCUT2D eigenvalue weighted by Crippen LogP contribution is 2.22. The van der Waals surface area contributed by atoms with Crippen LogP contribution in [0.1, 0.15) is 49.8 Å². The largest absolute Gasteiger partial charge is 0.478 e. The van der Waals surface area contributed by atoms with E-state index in [0.29, 0.717) is 17.3 Å². The number of carboxylic acid groups (broad SMARTS) is 1. The molecule has 6 heteroatoms. The van der Waals surface area contributed by atoms with Crippen molar-refractivity contribution in [2.24, 2.45) is 5.92 Å². The Morgan fingerprint density at radius 2 is 2.19 bits per heavy atom. The second kappa shape index (κ2) is 6.39. The van der Waals surface area contributed by atoms with Crippen molar-refractivity contribution in [3.8, 4) is 0 Å². The summed E-state index contributed by atoms with van der Waals surface area (Å²) in [6.45, 7) is 6.83. The van der Waals surface area contributed by atoms with Crippen LogP contribution in [-0.2, 0) is 13.0 Å². The van der Waals surface area contributed by atoms with Gasteiger partial charge in [0.2, 0.25) is 0 Å². The second-order valence-corrected chi connectivity index (χ2v) is 6.41. The molecule has 0 fully saturated rings. The summed E-state index contributed by atoms with van der Waals surface area (Å²) < 4.78 is 1.66. The van der Waals surface area contributed by atoms with Crippen molar-refractivity contribution in [1.29, 1.82) is 0 Å². The van der Waals surface area contributed by atoms with Crippen LogP contribution in [0, 0.1) is 5.92 Å². The Bertz CT molecular complexity index is 716. The summed E-state index contributed by atoms with van der Waals surface area (Å²) in [6, 6.07) is 0. The van der Waals surface area contributed by atoms with E-state index in [1.165, 1.54) is 16.7 Å². The molecular weight excluding hydrogens is 288 g/mol. The first-order chi connectivity index (χ1) is 9.95. The van der Waals surface area contributed by atoms with Gasteiger partial charge in [0.15, 0.2) is 0 Å². The smallest absolute Gasteiger partial charge is 0.337 e. The summed E-state index contributed by atoms with van der Waals surface area (Å²) in [5, 5.41) is 11.0. The average Bonchev–Trinajstić information content (AvgIpc) is 2.82. The zero-order valence-electron chi connectivity index (χ0n) is 12.5. The fourth-order valence-corrected chi connectivity index (χ4v) is 3.18. The SMILES string of the molecule is CCCc1nc2scc(C(=O)O)c2c(=O)n1CCC(C)C. The number of nitrogens with zero attached hydrogens (tertiary/aromatic N) is 2. The third-order valence-corrected chi connectivity index (χ3v) is 4.28. The van der Waals surface area contributed by atoms with E-state index in [-0.39, 0.29) is 16.5 Å². The monoisotopic (exact) mass is 308 g/mol. The van der Waals surface area contributed by atoms with Crippen LogP contribution in [0.2, 0.25) is 0 Å². The highest BCUT2D eigenvalue weighted by atomic mass is 32.1. The molecule has 0 aliphatic heterocycles. The van der Waals surface area contributed by atoms with Gasteiger partial charge in [-0.05, 0) is 18.8 Å². The van der Waals surface area contributed by atoms with Gasteiger partial charge in [0.25, 0.3) is 5.56 Å². The first-order valence-corrected chi connectivity index (χ1v) is 8.07. The van der Waals surface area contributed by atoms with Gasteiger partial charge in [0.1, 0.15) is 10.7 Å². The van der Waals surface area contributed by atoms with Crippen molar-refractivity contribution in [1.82, 2.24) is 9.55 Å². The molecule has 0 bridgehead atoms. The van der Waals surface area contributed by atoms with E-state index in [1.807, 2.05) is 6.92 Å². The Labute approximate surface area is 127 Å². The fraction of sp³-hybridized carbons (Fsp3) is 0.533. The second-order valence-electron chi connectivity index (χ2n) is 5.55. The topological polar surface area (TPSA) is 72.2 Å². The van der Waals surface area contributed by atoms with E-state index in [1.54, 1.807) is 4.57 Å². The van der Waals surface area contributed by atoms with E-state index < -0.39 is 5.97 Å². The Balaban J connectivity index is 2.63. The quantitative estimate of drug-likeness (QED) is 0.889. The highest BCUT2D eigenvalue weighted by Gasteiger charge is 2.19. The number of aryl methyl sites for hydroxylation is 1. The van der Waals surface area contributed by atoms with Gasteiger partial charge in [0.05, 0.1) is 10.9 Å². The zero-order valence-corrected chi connectivity index (χ0v) is 13.4. The maximum atomic E-state index is 12.7. The van der Waals surface area contributed by atoms with E-state index in [9.17, 15) is 14.7 Å².